The topological polar surface area (TPSA) is 93.1 Å². The van der Waals surface area contributed by atoms with Crippen LogP contribution in [0.25, 0.3) is 0 Å². The van der Waals surface area contributed by atoms with E-state index in [9.17, 15) is 14.7 Å². The van der Waals surface area contributed by atoms with Crippen LogP contribution in [0.5, 0.6) is 5.75 Å². The first kappa shape index (κ1) is 18.1. The lowest BCUT2D eigenvalue weighted by molar-refractivity contribution is -0.139. The predicted molar refractivity (Wildman–Crippen MR) is 89.8 cm³/mol. The van der Waals surface area contributed by atoms with Gasteiger partial charge in [0.15, 0.2) is 0 Å². The zero-order valence-corrected chi connectivity index (χ0v) is 14.1. The fraction of sp³-hybridized carbons (Fsp3) is 0.529. The molecule has 1 aromatic rings. The molecule has 0 spiro atoms. The van der Waals surface area contributed by atoms with E-state index in [-0.39, 0.29) is 30.4 Å². The Labute approximate surface area is 141 Å². The number of aliphatic carboxylic acids is 1. The number of carboxylic acids is 1. The molecule has 2 amide bonds. The van der Waals surface area contributed by atoms with Crippen molar-refractivity contribution in [2.75, 3.05) is 20.1 Å². The molecule has 1 aliphatic carbocycles. The van der Waals surface area contributed by atoms with Crippen molar-refractivity contribution >= 4 is 12.0 Å². The van der Waals surface area contributed by atoms with Crippen LogP contribution in [0.15, 0.2) is 24.3 Å². The van der Waals surface area contributed by atoms with Gasteiger partial charge in [-0.25, -0.2) is 4.79 Å². The molecule has 1 saturated carbocycles. The van der Waals surface area contributed by atoms with Crippen LogP contribution in [0.3, 0.4) is 0 Å². The number of aromatic hydroxyl groups is 1. The molecule has 0 radical (unpaired) electrons. The fourth-order valence-electron chi connectivity index (χ4n) is 2.91. The number of nitrogens with one attached hydrogen (secondary N) is 1. The number of hydrogen-bond donors (Lipinski definition) is 3. The highest BCUT2D eigenvalue weighted by molar-refractivity contribution is 5.74. The normalized spacial score (nSPS) is 19.6. The molecule has 0 atom stereocenters. The second-order valence-corrected chi connectivity index (χ2v) is 6.25. The van der Waals surface area contributed by atoms with E-state index < -0.39 is 5.97 Å². The summed E-state index contributed by atoms with van der Waals surface area (Å²) in [7, 11) is 1.72. The zero-order valence-electron chi connectivity index (χ0n) is 14.1. The standard InChI is InChI=1S/C17H25N3O4/c1-3-20(11-16(22)23)14-8-13(9-14)18-17(24)19(2)10-12-4-6-15(21)7-5-12/h4-7,13-14,21H,3,8-11H2,1-2H3,(H,18,24)(H,22,23). The third-order valence-corrected chi connectivity index (χ3v) is 4.40. The summed E-state index contributed by atoms with van der Waals surface area (Å²) in [5.41, 5.74) is 0.940. The molecule has 0 saturated heterocycles. The highest BCUT2D eigenvalue weighted by Crippen LogP contribution is 2.25. The lowest BCUT2D eigenvalue weighted by atomic mass is 9.85. The van der Waals surface area contributed by atoms with Gasteiger partial charge in [0.1, 0.15) is 5.75 Å². The Balaban J connectivity index is 1.75. The molecule has 1 fully saturated rings. The Kier molecular flexibility index (Phi) is 6.03. The fourth-order valence-corrected chi connectivity index (χ4v) is 2.91. The summed E-state index contributed by atoms with van der Waals surface area (Å²) >= 11 is 0. The number of nitrogens with zero attached hydrogens (tertiary/aromatic N) is 2. The number of amides is 2. The number of hydrogen-bond acceptors (Lipinski definition) is 4. The zero-order chi connectivity index (χ0) is 17.7. The molecular formula is C17H25N3O4. The number of benzene rings is 1. The summed E-state index contributed by atoms with van der Waals surface area (Å²) in [6.07, 6.45) is 1.56. The number of phenolic OH excluding ortho intramolecular Hbond substituents is 1. The second kappa shape index (κ2) is 8.01. The molecule has 7 heteroatoms. The minimum absolute atomic E-state index is 0.0442. The van der Waals surface area contributed by atoms with Crippen molar-refractivity contribution in [3.8, 4) is 5.75 Å². The van der Waals surface area contributed by atoms with Gasteiger partial charge < -0.3 is 20.4 Å². The van der Waals surface area contributed by atoms with Crippen molar-refractivity contribution < 1.29 is 19.8 Å². The van der Waals surface area contributed by atoms with Crippen LogP contribution in [0, 0.1) is 0 Å². The predicted octanol–water partition coefficient (Wildman–Crippen LogP) is 1.47. The van der Waals surface area contributed by atoms with Gasteiger partial charge in [-0.15, -0.1) is 0 Å². The lowest BCUT2D eigenvalue weighted by Gasteiger charge is -2.42. The van der Waals surface area contributed by atoms with Crippen LogP contribution in [0.1, 0.15) is 25.3 Å². The average Bonchev–Trinajstić information content (AvgIpc) is 2.50. The number of carbonyl (C=O) groups excluding carboxylic acids is 1. The molecule has 3 N–H and O–H groups in total. The maximum atomic E-state index is 12.2. The van der Waals surface area contributed by atoms with Gasteiger partial charge in [0.25, 0.3) is 0 Å². The third kappa shape index (κ3) is 4.86. The minimum Gasteiger partial charge on any atom is -0.508 e. The van der Waals surface area contributed by atoms with E-state index in [0.717, 1.165) is 18.4 Å². The summed E-state index contributed by atoms with van der Waals surface area (Å²) in [4.78, 5) is 26.5. The summed E-state index contributed by atoms with van der Waals surface area (Å²) < 4.78 is 0. The maximum absolute atomic E-state index is 12.2. The molecule has 0 unspecified atom stereocenters. The van der Waals surface area contributed by atoms with Gasteiger partial charge in [0.2, 0.25) is 0 Å². The largest absolute Gasteiger partial charge is 0.508 e. The molecule has 1 aromatic carbocycles. The summed E-state index contributed by atoms with van der Waals surface area (Å²) in [5, 5.41) is 21.1. The highest BCUT2D eigenvalue weighted by atomic mass is 16.4. The SMILES string of the molecule is CCN(CC(=O)O)C1CC(NC(=O)N(C)Cc2ccc(O)cc2)C1. The molecule has 132 valence electrons. The van der Waals surface area contributed by atoms with Crippen LogP contribution in [0.2, 0.25) is 0 Å². The molecule has 24 heavy (non-hydrogen) atoms. The average molecular weight is 335 g/mol. The Bertz CT molecular complexity index is 570. The number of likely N-dealkylation sites (N-methyl/N-ethyl adjacent to an activating group) is 1. The van der Waals surface area contributed by atoms with Crippen molar-refractivity contribution in [1.29, 1.82) is 0 Å². The first-order chi connectivity index (χ1) is 11.4. The van der Waals surface area contributed by atoms with Crippen molar-refractivity contribution in [1.82, 2.24) is 15.1 Å². The number of urea groups is 1. The van der Waals surface area contributed by atoms with E-state index in [2.05, 4.69) is 5.32 Å². The summed E-state index contributed by atoms with van der Waals surface area (Å²) in [5.74, 6) is -0.619. The van der Waals surface area contributed by atoms with E-state index >= 15 is 0 Å². The van der Waals surface area contributed by atoms with E-state index in [1.54, 1.807) is 36.2 Å². The maximum Gasteiger partial charge on any atom is 0.317 e. The molecule has 0 heterocycles. The van der Waals surface area contributed by atoms with Crippen LogP contribution in [-0.4, -0.2) is 64.2 Å². The monoisotopic (exact) mass is 335 g/mol. The molecule has 0 aliphatic heterocycles. The third-order valence-electron chi connectivity index (χ3n) is 4.40. The molecule has 7 nitrogen and oxygen atoms in total. The van der Waals surface area contributed by atoms with Gasteiger partial charge in [-0.05, 0) is 37.1 Å². The first-order valence-corrected chi connectivity index (χ1v) is 8.14. The van der Waals surface area contributed by atoms with Crippen molar-refractivity contribution in [2.24, 2.45) is 0 Å². The van der Waals surface area contributed by atoms with Gasteiger partial charge in [-0.2, -0.15) is 0 Å². The lowest BCUT2D eigenvalue weighted by Crippen LogP contribution is -2.56. The first-order valence-electron chi connectivity index (χ1n) is 8.14. The smallest absolute Gasteiger partial charge is 0.317 e. The van der Waals surface area contributed by atoms with E-state index in [1.165, 1.54) is 0 Å². The van der Waals surface area contributed by atoms with Gasteiger partial charge in [-0.1, -0.05) is 19.1 Å². The Morgan fingerprint density at radius 3 is 2.42 bits per heavy atom. The van der Waals surface area contributed by atoms with Gasteiger partial charge in [-0.3, -0.25) is 9.69 Å². The Morgan fingerprint density at radius 2 is 1.88 bits per heavy atom. The van der Waals surface area contributed by atoms with E-state index in [1.807, 2.05) is 11.8 Å². The molecule has 0 bridgehead atoms. The highest BCUT2D eigenvalue weighted by Gasteiger charge is 2.35. The quantitative estimate of drug-likeness (QED) is 0.702. The number of phenols is 1. The number of rotatable bonds is 7. The van der Waals surface area contributed by atoms with Crippen molar-refractivity contribution in [3.05, 3.63) is 29.8 Å². The van der Waals surface area contributed by atoms with Gasteiger partial charge >= 0.3 is 12.0 Å². The Morgan fingerprint density at radius 1 is 1.25 bits per heavy atom. The molecule has 2 rings (SSSR count). The number of carboxylic acid groups (broad SMARTS) is 1. The summed E-state index contributed by atoms with van der Waals surface area (Å²) in [6.45, 7) is 3.14. The van der Waals surface area contributed by atoms with Crippen molar-refractivity contribution in [3.63, 3.8) is 0 Å². The molecule has 0 aromatic heterocycles. The van der Waals surface area contributed by atoms with Crippen molar-refractivity contribution in [2.45, 2.75) is 38.4 Å². The number of carbonyl (C=O) groups is 2. The van der Waals surface area contributed by atoms with E-state index in [0.29, 0.717) is 13.1 Å². The van der Waals surface area contributed by atoms with Gasteiger partial charge in [0.05, 0.1) is 6.54 Å². The van der Waals surface area contributed by atoms with E-state index in [4.69, 9.17) is 5.11 Å². The van der Waals surface area contributed by atoms with Crippen LogP contribution < -0.4 is 5.32 Å². The molecular weight excluding hydrogens is 310 g/mol. The Hall–Kier alpha value is -2.28. The van der Waals surface area contributed by atoms with Crippen LogP contribution in [0.4, 0.5) is 4.79 Å². The second-order valence-electron chi connectivity index (χ2n) is 6.25. The summed E-state index contributed by atoms with van der Waals surface area (Å²) in [6, 6.07) is 6.92. The van der Waals surface area contributed by atoms with Crippen LogP contribution in [-0.2, 0) is 11.3 Å². The van der Waals surface area contributed by atoms with Crippen LogP contribution >= 0.6 is 0 Å². The molecule has 1 aliphatic rings. The minimum atomic E-state index is -0.821. The van der Waals surface area contributed by atoms with Gasteiger partial charge in [0, 0.05) is 25.7 Å².